The summed E-state index contributed by atoms with van der Waals surface area (Å²) >= 11 is 0. The second-order valence-electron chi connectivity index (χ2n) is 3.73. The lowest BCUT2D eigenvalue weighted by Gasteiger charge is -2.19. The minimum absolute atomic E-state index is 0.00935. The van der Waals surface area contributed by atoms with E-state index in [0.29, 0.717) is 19.1 Å². The first-order valence-corrected chi connectivity index (χ1v) is 5.22. The molecule has 0 spiro atoms. The molecule has 1 aliphatic heterocycles. The van der Waals surface area contributed by atoms with Gasteiger partial charge in [0.25, 0.3) is 0 Å². The van der Waals surface area contributed by atoms with Crippen LogP contribution < -0.4 is 0 Å². The van der Waals surface area contributed by atoms with Crippen LogP contribution in [0.2, 0.25) is 0 Å². The summed E-state index contributed by atoms with van der Waals surface area (Å²) in [4.78, 5) is 0. The maximum absolute atomic E-state index is 5.83. The first kappa shape index (κ1) is 12.0. The molecule has 4 atom stereocenters. The van der Waals surface area contributed by atoms with E-state index in [1.165, 1.54) is 0 Å². The molecule has 1 fully saturated rings. The van der Waals surface area contributed by atoms with Crippen LogP contribution in [0.3, 0.4) is 0 Å². The zero-order valence-electron chi connectivity index (χ0n) is 9.23. The molecular formula is C10H19BO3. The highest BCUT2D eigenvalue weighted by Gasteiger charge is 2.38. The number of methoxy groups -OCH3 is 1. The molecule has 1 rings (SSSR count). The van der Waals surface area contributed by atoms with Crippen molar-refractivity contribution >= 4 is 7.85 Å². The fraction of sp³-hybridized carbons (Fsp3) is 1.00. The van der Waals surface area contributed by atoms with Gasteiger partial charge in [0.1, 0.15) is 7.85 Å². The van der Waals surface area contributed by atoms with Crippen LogP contribution in [0, 0.1) is 5.92 Å². The van der Waals surface area contributed by atoms with E-state index in [4.69, 9.17) is 22.1 Å². The summed E-state index contributed by atoms with van der Waals surface area (Å²) in [7, 11) is 7.49. The molecule has 1 heterocycles. The van der Waals surface area contributed by atoms with E-state index in [1.807, 2.05) is 0 Å². The summed E-state index contributed by atoms with van der Waals surface area (Å²) in [6, 6.07) is -0.285. The van der Waals surface area contributed by atoms with E-state index in [9.17, 15) is 0 Å². The average molecular weight is 198 g/mol. The van der Waals surface area contributed by atoms with Gasteiger partial charge in [-0.05, 0) is 6.42 Å². The van der Waals surface area contributed by atoms with E-state index in [2.05, 4.69) is 13.8 Å². The van der Waals surface area contributed by atoms with Crippen molar-refractivity contribution in [1.29, 1.82) is 0 Å². The third kappa shape index (κ3) is 2.72. The summed E-state index contributed by atoms with van der Waals surface area (Å²) < 4.78 is 16.1. The summed E-state index contributed by atoms with van der Waals surface area (Å²) in [5.41, 5.74) is 0. The van der Waals surface area contributed by atoms with E-state index in [-0.39, 0.29) is 18.2 Å². The van der Waals surface area contributed by atoms with E-state index < -0.39 is 0 Å². The molecule has 0 saturated carbocycles. The summed E-state index contributed by atoms with van der Waals surface area (Å²) in [6.07, 6.45) is 1.23. The molecule has 3 nitrogen and oxygen atoms in total. The van der Waals surface area contributed by atoms with Crippen LogP contribution in [-0.4, -0.2) is 46.4 Å². The lowest BCUT2D eigenvalue weighted by Crippen LogP contribution is -2.30. The topological polar surface area (TPSA) is 27.7 Å². The van der Waals surface area contributed by atoms with Crippen LogP contribution in [0.25, 0.3) is 0 Å². The largest absolute Gasteiger partial charge is 0.382 e. The van der Waals surface area contributed by atoms with Gasteiger partial charge in [0, 0.05) is 19.0 Å². The van der Waals surface area contributed by atoms with Gasteiger partial charge in [-0.2, -0.15) is 0 Å². The van der Waals surface area contributed by atoms with Crippen molar-refractivity contribution < 1.29 is 14.2 Å². The first-order valence-electron chi connectivity index (χ1n) is 5.22. The molecule has 0 aromatic carbocycles. The minimum Gasteiger partial charge on any atom is -0.382 e. The number of hydrogen-bond donors (Lipinski definition) is 0. The number of hydrogen-bond acceptors (Lipinski definition) is 3. The van der Waals surface area contributed by atoms with Crippen molar-refractivity contribution in [2.45, 2.75) is 38.5 Å². The van der Waals surface area contributed by atoms with Crippen molar-refractivity contribution in [3.05, 3.63) is 0 Å². The zero-order chi connectivity index (χ0) is 10.6. The standard InChI is InChI=1S/C10H19BO3/c1-4-8-7(2)9(10(11)14-8)13-6-5-12-3/h7-10H,4-6H2,1-3H3/t7-,8+,9?,10+/m0/s1. The molecule has 4 heteroatoms. The maximum Gasteiger partial charge on any atom is 0.112 e. The van der Waals surface area contributed by atoms with Gasteiger partial charge in [-0.1, -0.05) is 13.8 Å². The van der Waals surface area contributed by atoms with Gasteiger partial charge < -0.3 is 14.2 Å². The third-order valence-electron chi connectivity index (χ3n) is 2.76. The minimum atomic E-state index is -0.285. The quantitative estimate of drug-likeness (QED) is 0.486. The van der Waals surface area contributed by atoms with E-state index in [1.54, 1.807) is 7.11 Å². The SMILES string of the molecule is [B][C@@H]1O[C@H](CC)[C@H](C)C1OCCOC. The van der Waals surface area contributed by atoms with Gasteiger partial charge in [-0.3, -0.25) is 0 Å². The Hall–Kier alpha value is -0.0551. The van der Waals surface area contributed by atoms with Gasteiger partial charge in [-0.25, -0.2) is 0 Å². The highest BCUT2D eigenvalue weighted by molar-refractivity contribution is 6.11. The van der Waals surface area contributed by atoms with Gasteiger partial charge in [0.2, 0.25) is 0 Å². The van der Waals surface area contributed by atoms with Gasteiger partial charge in [-0.15, -0.1) is 0 Å². The average Bonchev–Trinajstić information content (AvgIpc) is 2.45. The monoisotopic (exact) mass is 198 g/mol. The van der Waals surface area contributed by atoms with Gasteiger partial charge in [0.05, 0.1) is 25.4 Å². The Morgan fingerprint density at radius 2 is 2.07 bits per heavy atom. The molecule has 80 valence electrons. The molecular weight excluding hydrogens is 179 g/mol. The molecule has 1 unspecified atom stereocenters. The van der Waals surface area contributed by atoms with Crippen LogP contribution in [0.15, 0.2) is 0 Å². The van der Waals surface area contributed by atoms with Crippen LogP contribution >= 0.6 is 0 Å². The van der Waals surface area contributed by atoms with Crippen LogP contribution in [0.4, 0.5) is 0 Å². The fourth-order valence-corrected chi connectivity index (χ4v) is 1.90. The van der Waals surface area contributed by atoms with Crippen molar-refractivity contribution in [1.82, 2.24) is 0 Å². The Labute approximate surface area is 87.5 Å². The Morgan fingerprint density at radius 3 is 2.57 bits per heavy atom. The number of rotatable bonds is 5. The second kappa shape index (κ2) is 5.74. The number of ether oxygens (including phenoxy) is 3. The molecule has 1 saturated heterocycles. The molecule has 2 radical (unpaired) electrons. The third-order valence-corrected chi connectivity index (χ3v) is 2.76. The highest BCUT2D eigenvalue weighted by Crippen LogP contribution is 2.29. The molecule has 0 aromatic rings. The Balaban J connectivity index is 2.36. The lowest BCUT2D eigenvalue weighted by molar-refractivity contribution is -0.0109. The van der Waals surface area contributed by atoms with E-state index >= 15 is 0 Å². The van der Waals surface area contributed by atoms with Gasteiger partial charge in [0.15, 0.2) is 0 Å². The van der Waals surface area contributed by atoms with Crippen LogP contribution in [0.5, 0.6) is 0 Å². The predicted octanol–water partition coefficient (Wildman–Crippen LogP) is 0.957. The van der Waals surface area contributed by atoms with Gasteiger partial charge >= 0.3 is 0 Å². The van der Waals surface area contributed by atoms with Crippen molar-refractivity contribution in [2.24, 2.45) is 5.92 Å². The molecule has 0 N–H and O–H groups in total. The second-order valence-corrected chi connectivity index (χ2v) is 3.73. The molecule has 0 amide bonds. The van der Waals surface area contributed by atoms with Crippen molar-refractivity contribution in [3.8, 4) is 0 Å². The first-order chi connectivity index (χ1) is 6.70. The smallest absolute Gasteiger partial charge is 0.112 e. The molecule has 1 aliphatic rings. The summed E-state index contributed by atoms with van der Waals surface area (Å²) in [5.74, 6) is 0.367. The van der Waals surface area contributed by atoms with Crippen molar-refractivity contribution in [3.63, 3.8) is 0 Å². The lowest BCUT2D eigenvalue weighted by atomic mass is 9.88. The Morgan fingerprint density at radius 1 is 1.36 bits per heavy atom. The molecule has 0 aliphatic carbocycles. The summed E-state index contributed by atoms with van der Waals surface area (Å²) in [5, 5.41) is 0. The molecule has 0 bridgehead atoms. The predicted molar refractivity (Wildman–Crippen MR) is 55.5 cm³/mol. The van der Waals surface area contributed by atoms with Crippen molar-refractivity contribution in [2.75, 3.05) is 20.3 Å². The maximum atomic E-state index is 5.83. The normalized spacial score (nSPS) is 37.6. The Kier molecular flexibility index (Phi) is 4.92. The fourth-order valence-electron chi connectivity index (χ4n) is 1.90. The zero-order valence-corrected chi connectivity index (χ0v) is 9.23. The van der Waals surface area contributed by atoms with Crippen LogP contribution in [0.1, 0.15) is 20.3 Å². The van der Waals surface area contributed by atoms with E-state index in [0.717, 1.165) is 6.42 Å². The molecule has 0 aromatic heterocycles. The molecule has 14 heavy (non-hydrogen) atoms. The highest BCUT2D eigenvalue weighted by atomic mass is 16.6. The summed E-state index contributed by atoms with van der Waals surface area (Å²) in [6.45, 7) is 5.41. The van der Waals surface area contributed by atoms with Crippen LogP contribution in [-0.2, 0) is 14.2 Å². The Bertz CT molecular complexity index is 165.